The molecule has 2 aromatic carbocycles. The summed E-state index contributed by atoms with van der Waals surface area (Å²) in [5.74, 6) is 0.291. The van der Waals surface area contributed by atoms with Crippen LogP contribution in [0.1, 0.15) is 11.1 Å². The van der Waals surface area contributed by atoms with Gasteiger partial charge in [-0.3, -0.25) is 0 Å². The maximum atomic E-state index is 9.50. The average molecular weight is 227 g/mol. The van der Waals surface area contributed by atoms with Crippen LogP contribution in [0.2, 0.25) is 0 Å². The number of aromatic hydroxyl groups is 1. The largest absolute Gasteiger partial charge is 0.508 e. The molecule has 0 unspecified atom stereocenters. The summed E-state index contributed by atoms with van der Waals surface area (Å²) in [6.07, 6.45) is 0. The molecule has 0 saturated heterocycles. The Labute approximate surface area is 102 Å². The van der Waals surface area contributed by atoms with Crippen LogP contribution in [0.15, 0.2) is 42.5 Å². The van der Waals surface area contributed by atoms with Crippen molar-refractivity contribution < 1.29 is 5.11 Å². The highest BCUT2D eigenvalue weighted by Gasteiger charge is 2.07. The maximum Gasteiger partial charge on any atom is 0.117 e. The van der Waals surface area contributed by atoms with Crippen LogP contribution >= 0.6 is 0 Å². The highest BCUT2D eigenvalue weighted by atomic mass is 16.3. The summed E-state index contributed by atoms with van der Waals surface area (Å²) >= 11 is 0. The number of benzene rings is 2. The third kappa shape index (κ3) is 2.41. The van der Waals surface area contributed by atoms with E-state index in [9.17, 15) is 5.11 Å². The zero-order valence-corrected chi connectivity index (χ0v) is 10.4. The molecule has 2 heteroatoms. The summed E-state index contributed by atoms with van der Waals surface area (Å²) in [5, 5.41) is 9.50. The molecule has 0 aromatic heterocycles. The lowest BCUT2D eigenvalue weighted by Gasteiger charge is -2.22. The Morgan fingerprint density at radius 3 is 2.41 bits per heavy atom. The molecular weight excluding hydrogens is 210 g/mol. The zero-order valence-electron chi connectivity index (χ0n) is 10.4. The number of hydrogen-bond acceptors (Lipinski definition) is 2. The third-order valence-corrected chi connectivity index (χ3v) is 2.93. The van der Waals surface area contributed by atoms with Crippen molar-refractivity contribution in [2.75, 3.05) is 11.9 Å². The minimum atomic E-state index is 0.291. The first-order valence-corrected chi connectivity index (χ1v) is 5.68. The second-order valence-corrected chi connectivity index (χ2v) is 4.37. The molecule has 0 atom stereocenters. The number of nitrogens with zero attached hydrogens (tertiary/aromatic N) is 1. The van der Waals surface area contributed by atoms with Crippen molar-refractivity contribution in [3.63, 3.8) is 0 Å². The molecule has 0 radical (unpaired) electrons. The summed E-state index contributed by atoms with van der Waals surface area (Å²) in [5.41, 5.74) is 4.63. The molecule has 88 valence electrons. The van der Waals surface area contributed by atoms with Crippen molar-refractivity contribution in [1.29, 1.82) is 0 Å². The van der Waals surface area contributed by atoms with Crippen LogP contribution in [0.5, 0.6) is 5.75 Å². The number of phenolic OH excluding ortho intramolecular Hbond substituents is 1. The Morgan fingerprint density at radius 1 is 1.00 bits per heavy atom. The molecule has 0 fully saturated rings. The molecule has 0 aliphatic carbocycles. The number of aryl methyl sites for hydroxylation is 2. The Hall–Kier alpha value is -1.96. The van der Waals surface area contributed by atoms with Gasteiger partial charge in [-0.15, -0.1) is 0 Å². The summed E-state index contributed by atoms with van der Waals surface area (Å²) < 4.78 is 0. The number of hydrogen-bond donors (Lipinski definition) is 1. The summed E-state index contributed by atoms with van der Waals surface area (Å²) in [4.78, 5) is 2.08. The quantitative estimate of drug-likeness (QED) is 0.844. The molecule has 1 N–H and O–H groups in total. The fraction of sp³-hybridized carbons (Fsp3) is 0.200. The molecule has 0 heterocycles. The van der Waals surface area contributed by atoms with Gasteiger partial charge in [-0.25, -0.2) is 0 Å². The molecule has 0 spiro atoms. The van der Waals surface area contributed by atoms with Crippen LogP contribution in [0, 0.1) is 13.8 Å². The molecule has 0 amide bonds. The lowest BCUT2D eigenvalue weighted by Crippen LogP contribution is -2.10. The van der Waals surface area contributed by atoms with Gasteiger partial charge in [0, 0.05) is 24.5 Å². The van der Waals surface area contributed by atoms with Gasteiger partial charge in [-0.1, -0.05) is 23.8 Å². The van der Waals surface area contributed by atoms with E-state index < -0.39 is 0 Å². The van der Waals surface area contributed by atoms with Gasteiger partial charge in [-0.05, 0) is 37.6 Å². The molecule has 2 aromatic rings. The number of rotatable bonds is 2. The van der Waals surface area contributed by atoms with Gasteiger partial charge in [0.15, 0.2) is 0 Å². The van der Waals surface area contributed by atoms with Crippen LogP contribution in [-0.2, 0) is 0 Å². The van der Waals surface area contributed by atoms with Gasteiger partial charge >= 0.3 is 0 Å². The SMILES string of the molecule is Cc1ccc(N(C)c2cccc(O)c2)c(C)c1. The average Bonchev–Trinajstić information content (AvgIpc) is 2.28. The Bertz CT molecular complexity index is 534. The van der Waals surface area contributed by atoms with E-state index in [1.54, 1.807) is 12.1 Å². The Balaban J connectivity index is 2.40. The fourth-order valence-corrected chi connectivity index (χ4v) is 2.02. The van der Waals surface area contributed by atoms with Crippen LogP contribution in [-0.4, -0.2) is 12.2 Å². The molecule has 2 rings (SSSR count). The van der Waals surface area contributed by atoms with E-state index in [0.717, 1.165) is 11.4 Å². The predicted octanol–water partition coefficient (Wildman–Crippen LogP) is 3.78. The first-order valence-electron chi connectivity index (χ1n) is 5.68. The van der Waals surface area contributed by atoms with Gasteiger partial charge < -0.3 is 10.0 Å². The molecular formula is C15H17NO. The Morgan fingerprint density at radius 2 is 1.76 bits per heavy atom. The van der Waals surface area contributed by atoms with Crippen LogP contribution < -0.4 is 4.90 Å². The van der Waals surface area contributed by atoms with Crippen molar-refractivity contribution in [2.24, 2.45) is 0 Å². The van der Waals surface area contributed by atoms with Crippen molar-refractivity contribution >= 4 is 11.4 Å². The van der Waals surface area contributed by atoms with Crippen LogP contribution in [0.25, 0.3) is 0 Å². The Kier molecular flexibility index (Phi) is 3.05. The van der Waals surface area contributed by atoms with E-state index in [-0.39, 0.29) is 0 Å². The summed E-state index contributed by atoms with van der Waals surface area (Å²) in [6, 6.07) is 13.6. The number of phenols is 1. The summed E-state index contributed by atoms with van der Waals surface area (Å²) in [6.45, 7) is 4.19. The summed E-state index contributed by atoms with van der Waals surface area (Å²) in [7, 11) is 2.01. The van der Waals surface area contributed by atoms with Crippen LogP contribution in [0.4, 0.5) is 11.4 Å². The van der Waals surface area contributed by atoms with E-state index >= 15 is 0 Å². The topological polar surface area (TPSA) is 23.5 Å². The predicted molar refractivity (Wildman–Crippen MR) is 72.1 cm³/mol. The fourth-order valence-electron chi connectivity index (χ4n) is 2.02. The molecule has 0 aliphatic rings. The van der Waals surface area contributed by atoms with Crippen molar-refractivity contribution in [3.8, 4) is 5.75 Å². The molecule has 17 heavy (non-hydrogen) atoms. The van der Waals surface area contributed by atoms with Crippen molar-refractivity contribution in [1.82, 2.24) is 0 Å². The third-order valence-electron chi connectivity index (χ3n) is 2.93. The smallest absolute Gasteiger partial charge is 0.117 e. The van der Waals surface area contributed by atoms with E-state index in [2.05, 4.69) is 36.9 Å². The highest BCUT2D eigenvalue weighted by molar-refractivity contribution is 5.66. The molecule has 2 nitrogen and oxygen atoms in total. The van der Waals surface area contributed by atoms with Gasteiger partial charge in [0.2, 0.25) is 0 Å². The number of anilines is 2. The first kappa shape index (κ1) is 11.5. The van der Waals surface area contributed by atoms with Gasteiger partial charge in [0.05, 0.1) is 0 Å². The van der Waals surface area contributed by atoms with E-state index in [0.29, 0.717) is 5.75 Å². The molecule has 0 saturated carbocycles. The second kappa shape index (κ2) is 4.50. The van der Waals surface area contributed by atoms with Crippen molar-refractivity contribution in [2.45, 2.75) is 13.8 Å². The van der Waals surface area contributed by atoms with E-state index in [1.165, 1.54) is 11.1 Å². The first-order chi connectivity index (χ1) is 8.08. The minimum Gasteiger partial charge on any atom is -0.508 e. The lowest BCUT2D eigenvalue weighted by atomic mass is 10.1. The van der Waals surface area contributed by atoms with E-state index in [1.807, 2.05) is 19.2 Å². The van der Waals surface area contributed by atoms with E-state index in [4.69, 9.17) is 0 Å². The maximum absolute atomic E-state index is 9.50. The lowest BCUT2D eigenvalue weighted by molar-refractivity contribution is 0.475. The van der Waals surface area contributed by atoms with Gasteiger partial charge in [0.25, 0.3) is 0 Å². The zero-order chi connectivity index (χ0) is 12.4. The standard InChI is InChI=1S/C15H17NO/c1-11-7-8-15(12(2)9-11)16(3)13-5-4-6-14(17)10-13/h4-10,17H,1-3H3. The monoisotopic (exact) mass is 227 g/mol. The molecule has 0 bridgehead atoms. The normalized spacial score (nSPS) is 10.3. The van der Waals surface area contributed by atoms with Crippen LogP contribution in [0.3, 0.4) is 0 Å². The minimum absolute atomic E-state index is 0.291. The van der Waals surface area contributed by atoms with Crippen molar-refractivity contribution in [3.05, 3.63) is 53.6 Å². The van der Waals surface area contributed by atoms with Gasteiger partial charge in [0.1, 0.15) is 5.75 Å². The molecule has 0 aliphatic heterocycles. The van der Waals surface area contributed by atoms with Gasteiger partial charge in [-0.2, -0.15) is 0 Å². The highest BCUT2D eigenvalue weighted by Crippen LogP contribution is 2.29. The second-order valence-electron chi connectivity index (χ2n) is 4.37.